The van der Waals surface area contributed by atoms with E-state index in [1.54, 1.807) is 12.1 Å². The smallest absolute Gasteiger partial charge is 0.222 e. The van der Waals surface area contributed by atoms with Crippen LogP contribution in [0.5, 0.6) is 0 Å². The molecule has 0 bridgehead atoms. The van der Waals surface area contributed by atoms with Crippen molar-refractivity contribution < 1.29 is 13.2 Å². The Bertz CT molecular complexity index is 557. The van der Waals surface area contributed by atoms with Crippen LogP contribution in [-0.2, 0) is 20.6 Å². The minimum atomic E-state index is -3.39. The Morgan fingerprint density at radius 1 is 1.32 bits per heavy atom. The van der Waals surface area contributed by atoms with Gasteiger partial charge in [-0.05, 0) is 11.5 Å². The quantitative estimate of drug-likeness (QED) is 0.876. The van der Waals surface area contributed by atoms with E-state index < -0.39 is 15.9 Å². The van der Waals surface area contributed by atoms with Crippen LogP contribution in [0.4, 0.5) is 0 Å². The van der Waals surface area contributed by atoms with Gasteiger partial charge in [0.25, 0.3) is 0 Å². The number of carbonyl (C=O) groups excluding carboxylic acids is 1. The lowest BCUT2D eigenvalue weighted by molar-refractivity contribution is -0.122. The highest BCUT2D eigenvalue weighted by atomic mass is 32.2. The number of sulfonamides is 1. The van der Waals surface area contributed by atoms with Gasteiger partial charge in [-0.1, -0.05) is 37.3 Å². The first-order chi connectivity index (χ1) is 8.90. The molecule has 1 amide bonds. The molecule has 1 saturated heterocycles. The van der Waals surface area contributed by atoms with E-state index in [9.17, 15) is 13.2 Å². The van der Waals surface area contributed by atoms with Crippen molar-refractivity contribution in [2.75, 3.05) is 13.1 Å². The number of amides is 1. The Balaban J connectivity index is 2.12. The molecule has 1 fully saturated rings. The van der Waals surface area contributed by atoms with E-state index in [2.05, 4.69) is 0 Å². The molecule has 0 radical (unpaired) electrons. The van der Waals surface area contributed by atoms with Gasteiger partial charge in [0, 0.05) is 13.1 Å². The first-order valence-corrected chi connectivity index (χ1v) is 7.82. The molecule has 0 saturated carbocycles. The molecular formula is C13H18N2O3S. The van der Waals surface area contributed by atoms with E-state index >= 15 is 0 Å². The molecule has 1 aromatic rings. The van der Waals surface area contributed by atoms with Gasteiger partial charge in [0.05, 0.1) is 11.7 Å². The number of nitrogens with zero attached hydrogens (tertiary/aromatic N) is 1. The summed E-state index contributed by atoms with van der Waals surface area (Å²) in [6.45, 7) is 2.42. The van der Waals surface area contributed by atoms with Gasteiger partial charge in [-0.15, -0.1) is 0 Å². The Morgan fingerprint density at radius 3 is 2.47 bits per heavy atom. The molecule has 2 N–H and O–H groups in total. The van der Waals surface area contributed by atoms with E-state index in [0.717, 1.165) is 5.56 Å². The largest absolute Gasteiger partial charge is 0.369 e. The van der Waals surface area contributed by atoms with E-state index in [1.807, 2.05) is 25.1 Å². The fourth-order valence-electron chi connectivity index (χ4n) is 2.40. The van der Waals surface area contributed by atoms with Crippen LogP contribution in [0.3, 0.4) is 0 Å². The van der Waals surface area contributed by atoms with Crippen LogP contribution in [0.2, 0.25) is 0 Å². The summed E-state index contributed by atoms with van der Waals surface area (Å²) < 4.78 is 26.0. The molecule has 1 aliphatic rings. The van der Waals surface area contributed by atoms with Crippen molar-refractivity contribution in [2.45, 2.75) is 12.7 Å². The highest BCUT2D eigenvalue weighted by Crippen LogP contribution is 2.26. The monoisotopic (exact) mass is 282 g/mol. The predicted octanol–water partition coefficient (Wildman–Crippen LogP) is 0.570. The topological polar surface area (TPSA) is 80.5 Å². The standard InChI is InChI=1S/C13H18N2O3S/c1-10-7-15(8-12(10)13(14)16)19(17,18)9-11-5-3-2-4-6-11/h2-6,10,12H,7-9H2,1H3,(H2,14,16)/t10-,12-/m1/s1. The zero-order valence-corrected chi connectivity index (χ0v) is 11.6. The highest BCUT2D eigenvalue weighted by Gasteiger charge is 2.38. The van der Waals surface area contributed by atoms with Gasteiger partial charge in [0.15, 0.2) is 0 Å². The summed E-state index contributed by atoms with van der Waals surface area (Å²) in [5.41, 5.74) is 6.03. The normalized spacial score (nSPS) is 24.5. The molecule has 1 heterocycles. The number of benzene rings is 1. The van der Waals surface area contributed by atoms with Gasteiger partial charge in [0.2, 0.25) is 15.9 Å². The molecule has 2 rings (SSSR count). The summed E-state index contributed by atoms with van der Waals surface area (Å²) in [4.78, 5) is 11.2. The van der Waals surface area contributed by atoms with Crippen LogP contribution in [0.15, 0.2) is 30.3 Å². The van der Waals surface area contributed by atoms with E-state index in [0.29, 0.717) is 6.54 Å². The maximum Gasteiger partial charge on any atom is 0.222 e. The Hall–Kier alpha value is -1.40. The maximum atomic E-state index is 12.3. The summed E-state index contributed by atoms with van der Waals surface area (Å²) in [7, 11) is -3.39. The second-order valence-corrected chi connectivity index (χ2v) is 7.01. The van der Waals surface area contributed by atoms with Gasteiger partial charge in [-0.3, -0.25) is 4.79 Å². The van der Waals surface area contributed by atoms with Gasteiger partial charge < -0.3 is 5.73 Å². The summed E-state index contributed by atoms with van der Waals surface area (Å²) in [5, 5.41) is 0. The Labute approximate surface area is 113 Å². The van der Waals surface area contributed by atoms with E-state index in [1.165, 1.54) is 4.31 Å². The van der Waals surface area contributed by atoms with Gasteiger partial charge >= 0.3 is 0 Å². The third-order valence-corrected chi connectivity index (χ3v) is 5.31. The van der Waals surface area contributed by atoms with Crippen LogP contribution in [0, 0.1) is 11.8 Å². The summed E-state index contributed by atoms with van der Waals surface area (Å²) in [6.07, 6.45) is 0. The van der Waals surface area contributed by atoms with Crippen molar-refractivity contribution in [2.24, 2.45) is 17.6 Å². The first kappa shape index (κ1) is 14.0. The number of hydrogen-bond donors (Lipinski definition) is 1. The average molecular weight is 282 g/mol. The lowest BCUT2D eigenvalue weighted by Crippen LogP contribution is -2.32. The summed E-state index contributed by atoms with van der Waals surface area (Å²) in [6, 6.07) is 9.02. The lowest BCUT2D eigenvalue weighted by Gasteiger charge is -2.16. The zero-order valence-electron chi connectivity index (χ0n) is 10.8. The summed E-state index contributed by atoms with van der Waals surface area (Å²) in [5.74, 6) is -0.870. The zero-order chi connectivity index (χ0) is 14.0. The van der Waals surface area contributed by atoms with Crippen molar-refractivity contribution in [1.82, 2.24) is 4.31 Å². The number of hydrogen-bond acceptors (Lipinski definition) is 3. The molecule has 0 unspecified atom stereocenters. The van der Waals surface area contributed by atoms with Crippen molar-refractivity contribution in [3.63, 3.8) is 0 Å². The predicted molar refractivity (Wildman–Crippen MR) is 72.5 cm³/mol. The second kappa shape index (κ2) is 5.30. The van der Waals surface area contributed by atoms with E-state index in [-0.39, 0.29) is 24.1 Å². The van der Waals surface area contributed by atoms with Gasteiger partial charge in [0.1, 0.15) is 0 Å². The SMILES string of the molecule is C[C@@H]1CN(S(=O)(=O)Cc2ccccc2)C[C@H]1C(N)=O. The van der Waals surface area contributed by atoms with Gasteiger partial charge in [-0.25, -0.2) is 12.7 Å². The van der Waals surface area contributed by atoms with Crippen LogP contribution in [0.25, 0.3) is 0 Å². The van der Waals surface area contributed by atoms with Crippen molar-refractivity contribution in [3.8, 4) is 0 Å². The van der Waals surface area contributed by atoms with Crippen molar-refractivity contribution in [1.29, 1.82) is 0 Å². The molecule has 19 heavy (non-hydrogen) atoms. The Morgan fingerprint density at radius 2 is 1.95 bits per heavy atom. The molecule has 104 valence electrons. The van der Waals surface area contributed by atoms with Crippen LogP contribution in [0.1, 0.15) is 12.5 Å². The molecule has 1 aliphatic heterocycles. The molecular weight excluding hydrogens is 264 g/mol. The highest BCUT2D eigenvalue weighted by molar-refractivity contribution is 7.88. The number of carbonyl (C=O) groups is 1. The minimum absolute atomic E-state index is 0.0250. The molecule has 5 nitrogen and oxygen atoms in total. The van der Waals surface area contributed by atoms with E-state index in [4.69, 9.17) is 5.73 Å². The van der Waals surface area contributed by atoms with Gasteiger partial charge in [-0.2, -0.15) is 0 Å². The molecule has 0 aromatic heterocycles. The van der Waals surface area contributed by atoms with Crippen LogP contribution >= 0.6 is 0 Å². The molecule has 1 aromatic carbocycles. The molecule has 2 atom stereocenters. The average Bonchev–Trinajstić information content (AvgIpc) is 2.73. The maximum absolute atomic E-state index is 12.3. The van der Waals surface area contributed by atoms with Crippen molar-refractivity contribution >= 4 is 15.9 Å². The number of rotatable bonds is 4. The third-order valence-electron chi connectivity index (χ3n) is 3.53. The second-order valence-electron chi connectivity index (χ2n) is 5.04. The number of nitrogens with two attached hydrogens (primary N) is 1. The molecule has 0 aliphatic carbocycles. The van der Waals surface area contributed by atoms with Crippen LogP contribution in [-0.4, -0.2) is 31.7 Å². The fourth-order valence-corrected chi connectivity index (χ4v) is 4.04. The van der Waals surface area contributed by atoms with Crippen molar-refractivity contribution in [3.05, 3.63) is 35.9 Å². The summed E-state index contributed by atoms with van der Waals surface area (Å²) >= 11 is 0. The molecule has 6 heteroatoms. The third kappa shape index (κ3) is 3.13. The number of primary amides is 1. The molecule has 0 spiro atoms. The first-order valence-electron chi connectivity index (χ1n) is 6.21. The minimum Gasteiger partial charge on any atom is -0.369 e. The fraction of sp³-hybridized carbons (Fsp3) is 0.462. The lowest BCUT2D eigenvalue weighted by atomic mass is 9.98. The van der Waals surface area contributed by atoms with Crippen LogP contribution < -0.4 is 5.73 Å². The Kier molecular flexibility index (Phi) is 3.91.